The molecule has 110 valence electrons. The predicted molar refractivity (Wildman–Crippen MR) is 83.9 cm³/mol. The second-order valence-corrected chi connectivity index (χ2v) is 7.34. The third kappa shape index (κ3) is 2.48. The quantitative estimate of drug-likeness (QED) is 0.787. The molecule has 1 heterocycles. The number of rotatable bonds is 2. The number of hydrogen-bond acceptors (Lipinski definition) is 3. The van der Waals surface area contributed by atoms with Gasteiger partial charge in [0.25, 0.3) is 0 Å². The van der Waals surface area contributed by atoms with Crippen LogP contribution in [0.4, 0.5) is 0 Å². The van der Waals surface area contributed by atoms with Crippen molar-refractivity contribution in [3.05, 3.63) is 28.3 Å². The lowest BCUT2D eigenvalue weighted by Gasteiger charge is -2.32. The van der Waals surface area contributed by atoms with Crippen LogP contribution < -0.4 is 5.46 Å². The lowest BCUT2D eigenvalue weighted by Crippen LogP contribution is -2.41. The van der Waals surface area contributed by atoms with Crippen molar-refractivity contribution < 1.29 is 9.31 Å². The zero-order valence-corrected chi connectivity index (χ0v) is 13.6. The number of halogens is 1. The highest BCUT2D eigenvalue weighted by Crippen LogP contribution is 2.43. The third-order valence-corrected chi connectivity index (χ3v) is 5.14. The highest BCUT2D eigenvalue weighted by atomic mass is 35.5. The average Bonchev–Trinajstić information content (AvgIpc) is 3.17. The number of nitrogens with zero attached hydrogens (tertiary/aromatic N) is 1. The topological polar surface area (TPSA) is 42.2 Å². The lowest BCUT2D eigenvalue weighted by molar-refractivity contribution is 0.00578. The van der Waals surface area contributed by atoms with E-state index >= 15 is 0 Å². The van der Waals surface area contributed by atoms with Crippen molar-refractivity contribution >= 4 is 24.2 Å². The van der Waals surface area contributed by atoms with Gasteiger partial charge in [0.2, 0.25) is 0 Å². The van der Waals surface area contributed by atoms with E-state index in [4.69, 9.17) is 20.9 Å². The van der Waals surface area contributed by atoms with Crippen molar-refractivity contribution in [2.45, 2.75) is 57.7 Å². The van der Waals surface area contributed by atoms with Gasteiger partial charge in [-0.1, -0.05) is 11.6 Å². The maximum Gasteiger partial charge on any atom is 0.496 e. The molecule has 1 aromatic rings. The first-order valence-corrected chi connectivity index (χ1v) is 7.72. The fourth-order valence-corrected chi connectivity index (χ4v) is 2.85. The van der Waals surface area contributed by atoms with Gasteiger partial charge in [-0.05, 0) is 64.2 Å². The molecular formula is C16H19BClNO2. The molecule has 0 atom stereocenters. The molecule has 0 aromatic heterocycles. The Hall–Kier alpha value is -1.02. The van der Waals surface area contributed by atoms with Gasteiger partial charge in [0.1, 0.15) is 0 Å². The normalized spacial score (nSPS) is 23.1. The van der Waals surface area contributed by atoms with Gasteiger partial charge in [-0.3, -0.25) is 0 Å². The smallest absolute Gasteiger partial charge is 0.399 e. The Balaban J connectivity index is 1.99. The van der Waals surface area contributed by atoms with Crippen molar-refractivity contribution in [1.82, 2.24) is 0 Å². The molecule has 0 N–H and O–H groups in total. The van der Waals surface area contributed by atoms with E-state index in [-0.39, 0.29) is 0 Å². The summed E-state index contributed by atoms with van der Waals surface area (Å²) in [6.07, 6.45) is 2.28. The third-order valence-electron chi connectivity index (χ3n) is 4.81. The first-order valence-electron chi connectivity index (χ1n) is 7.34. The summed E-state index contributed by atoms with van der Waals surface area (Å²) in [6.45, 7) is 8.02. The Bertz CT molecular complexity index is 616. The van der Waals surface area contributed by atoms with Crippen LogP contribution in [0.15, 0.2) is 12.1 Å². The van der Waals surface area contributed by atoms with Crippen LogP contribution in [0, 0.1) is 11.3 Å². The molecule has 21 heavy (non-hydrogen) atoms. The summed E-state index contributed by atoms with van der Waals surface area (Å²) in [5.41, 5.74) is 1.66. The maximum absolute atomic E-state index is 9.38. The van der Waals surface area contributed by atoms with E-state index in [0.29, 0.717) is 16.5 Å². The predicted octanol–water partition coefficient (Wildman–Crippen LogP) is 3.39. The van der Waals surface area contributed by atoms with Gasteiger partial charge in [-0.2, -0.15) is 5.26 Å². The zero-order chi connectivity index (χ0) is 15.4. The van der Waals surface area contributed by atoms with E-state index in [9.17, 15) is 5.26 Å². The van der Waals surface area contributed by atoms with E-state index in [0.717, 1.165) is 23.9 Å². The number of benzene rings is 1. The minimum Gasteiger partial charge on any atom is -0.399 e. The van der Waals surface area contributed by atoms with E-state index in [2.05, 4.69) is 6.07 Å². The number of nitriles is 1. The van der Waals surface area contributed by atoms with E-state index < -0.39 is 18.3 Å². The molecule has 0 amide bonds. The Morgan fingerprint density at radius 1 is 1.19 bits per heavy atom. The van der Waals surface area contributed by atoms with Gasteiger partial charge < -0.3 is 9.31 Å². The standard InChI is InChI=1S/C16H19BClNO2/c1-15(2)16(3,4)21-17(20-15)13-7-11(9-19)12(8-14(13)18)10-5-6-10/h7-8,10H,5-6H2,1-4H3. The van der Waals surface area contributed by atoms with Crippen LogP contribution >= 0.6 is 11.6 Å². The van der Waals surface area contributed by atoms with Crippen molar-refractivity contribution in [3.63, 3.8) is 0 Å². The van der Waals surface area contributed by atoms with Crippen LogP contribution in [0.1, 0.15) is 57.6 Å². The summed E-state index contributed by atoms with van der Waals surface area (Å²) in [5.74, 6) is 0.490. The Morgan fingerprint density at radius 2 is 1.76 bits per heavy atom. The van der Waals surface area contributed by atoms with Crippen molar-refractivity contribution in [1.29, 1.82) is 5.26 Å². The molecule has 2 fully saturated rings. The molecule has 3 rings (SSSR count). The van der Waals surface area contributed by atoms with Gasteiger partial charge in [0, 0.05) is 10.5 Å². The maximum atomic E-state index is 9.38. The summed E-state index contributed by atoms with van der Waals surface area (Å²) >= 11 is 6.43. The summed E-state index contributed by atoms with van der Waals surface area (Å²) in [4.78, 5) is 0. The van der Waals surface area contributed by atoms with E-state index in [1.807, 2.05) is 39.8 Å². The van der Waals surface area contributed by atoms with Crippen LogP contribution in [0.2, 0.25) is 5.02 Å². The highest BCUT2D eigenvalue weighted by Gasteiger charge is 2.52. The van der Waals surface area contributed by atoms with Crippen molar-refractivity contribution in [2.24, 2.45) is 0 Å². The summed E-state index contributed by atoms with van der Waals surface area (Å²) < 4.78 is 12.1. The molecule has 2 aliphatic rings. The molecule has 0 radical (unpaired) electrons. The van der Waals surface area contributed by atoms with E-state index in [1.165, 1.54) is 0 Å². The molecule has 1 saturated carbocycles. The molecule has 0 spiro atoms. The molecule has 5 heteroatoms. The van der Waals surface area contributed by atoms with Gasteiger partial charge in [-0.15, -0.1) is 0 Å². The molecular weight excluding hydrogens is 284 g/mol. The van der Waals surface area contributed by atoms with Gasteiger partial charge in [-0.25, -0.2) is 0 Å². The lowest BCUT2D eigenvalue weighted by atomic mass is 9.77. The van der Waals surface area contributed by atoms with Crippen LogP contribution in [-0.2, 0) is 9.31 Å². The summed E-state index contributed by atoms with van der Waals surface area (Å²) in [7, 11) is -0.525. The van der Waals surface area contributed by atoms with Crippen LogP contribution in [-0.4, -0.2) is 18.3 Å². The van der Waals surface area contributed by atoms with Crippen LogP contribution in [0.3, 0.4) is 0 Å². The van der Waals surface area contributed by atoms with E-state index in [1.54, 1.807) is 0 Å². The van der Waals surface area contributed by atoms with Crippen LogP contribution in [0.25, 0.3) is 0 Å². The van der Waals surface area contributed by atoms with Gasteiger partial charge in [0.05, 0.1) is 22.8 Å². The fraction of sp³-hybridized carbons (Fsp3) is 0.562. The molecule has 0 bridgehead atoms. The first kappa shape index (κ1) is 14.9. The number of hydrogen-bond donors (Lipinski definition) is 0. The second-order valence-electron chi connectivity index (χ2n) is 6.94. The Kier molecular flexibility index (Phi) is 3.37. The minimum absolute atomic E-state index is 0.414. The fourth-order valence-electron chi connectivity index (χ4n) is 2.58. The molecule has 1 aliphatic carbocycles. The van der Waals surface area contributed by atoms with Gasteiger partial charge >= 0.3 is 7.12 Å². The Labute approximate surface area is 131 Å². The second kappa shape index (κ2) is 4.74. The Morgan fingerprint density at radius 3 is 2.24 bits per heavy atom. The van der Waals surface area contributed by atoms with Crippen molar-refractivity contribution in [3.8, 4) is 6.07 Å². The molecule has 1 aliphatic heterocycles. The first-order chi connectivity index (χ1) is 9.75. The zero-order valence-electron chi connectivity index (χ0n) is 12.9. The highest BCUT2D eigenvalue weighted by molar-refractivity contribution is 6.65. The minimum atomic E-state index is -0.525. The van der Waals surface area contributed by atoms with Crippen LogP contribution in [0.5, 0.6) is 0 Å². The molecule has 0 unspecified atom stereocenters. The summed E-state index contributed by atoms with van der Waals surface area (Å²) in [5, 5.41) is 10.0. The monoisotopic (exact) mass is 303 g/mol. The molecule has 3 nitrogen and oxygen atoms in total. The SMILES string of the molecule is CC1(C)OB(c2cc(C#N)c(C3CC3)cc2Cl)OC1(C)C. The largest absolute Gasteiger partial charge is 0.496 e. The molecule has 1 saturated heterocycles. The molecule has 1 aromatic carbocycles. The average molecular weight is 304 g/mol. The summed E-state index contributed by atoms with van der Waals surface area (Å²) in [6, 6.07) is 6.03. The van der Waals surface area contributed by atoms with Gasteiger partial charge in [0.15, 0.2) is 0 Å². The van der Waals surface area contributed by atoms with Crippen molar-refractivity contribution in [2.75, 3.05) is 0 Å².